The fourth-order valence-electron chi connectivity index (χ4n) is 1.58. The molecule has 0 aromatic carbocycles. The van der Waals surface area contributed by atoms with E-state index >= 15 is 0 Å². The van der Waals surface area contributed by atoms with Crippen LogP contribution < -0.4 is 15.8 Å². The minimum atomic E-state index is -3.72. The van der Waals surface area contributed by atoms with E-state index in [0.29, 0.717) is 13.2 Å². The van der Waals surface area contributed by atoms with Crippen LogP contribution in [0.25, 0.3) is 0 Å². The van der Waals surface area contributed by atoms with Crippen molar-refractivity contribution in [2.45, 2.75) is 17.9 Å². The quantitative estimate of drug-likeness (QED) is 0.501. The number of pyridine rings is 1. The molecule has 0 fully saturated rings. The zero-order valence-corrected chi connectivity index (χ0v) is 12.6. The highest BCUT2D eigenvalue weighted by Crippen LogP contribution is 2.11. The van der Waals surface area contributed by atoms with Gasteiger partial charge < -0.3 is 15.8 Å². The molecule has 8 nitrogen and oxygen atoms in total. The van der Waals surface area contributed by atoms with Crippen LogP contribution in [0.4, 0.5) is 0 Å². The Morgan fingerprint density at radius 1 is 1.43 bits per heavy atom. The number of nitrogens with two attached hydrogens (primary N) is 1. The van der Waals surface area contributed by atoms with Crippen LogP contribution in [0.2, 0.25) is 0 Å². The smallest absolute Gasteiger partial charge is 0.242 e. The van der Waals surface area contributed by atoms with Crippen LogP contribution >= 0.6 is 0 Å². The Bertz CT molecular complexity index is 562. The highest BCUT2D eigenvalue weighted by molar-refractivity contribution is 7.89. The van der Waals surface area contributed by atoms with Crippen LogP contribution in [-0.2, 0) is 26.1 Å². The molecule has 0 radical (unpaired) electrons. The molecular weight excluding hydrogens is 296 g/mol. The SMILES string of the molecule is COCCNC(=O)CCNS(=O)(=O)c1cccnc1CN. The first-order valence-electron chi connectivity index (χ1n) is 6.40. The van der Waals surface area contributed by atoms with E-state index in [1.54, 1.807) is 0 Å². The third-order valence-corrected chi connectivity index (χ3v) is 4.14. The van der Waals surface area contributed by atoms with Crippen molar-refractivity contribution in [3.63, 3.8) is 0 Å². The normalized spacial score (nSPS) is 11.3. The summed E-state index contributed by atoms with van der Waals surface area (Å²) in [5, 5.41) is 2.60. The van der Waals surface area contributed by atoms with Gasteiger partial charge in [-0.15, -0.1) is 0 Å². The van der Waals surface area contributed by atoms with Crippen LogP contribution in [0.15, 0.2) is 23.2 Å². The molecule has 0 atom stereocenters. The van der Waals surface area contributed by atoms with Gasteiger partial charge in [0.2, 0.25) is 15.9 Å². The molecule has 1 aromatic rings. The van der Waals surface area contributed by atoms with Gasteiger partial charge in [-0.2, -0.15) is 0 Å². The number of methoxy groups -OCH3 is 1. The van der Waals surface area contributed by atoms with Gasteiger partial charge in [0.05, 0.1) is 12.3 Å². The molecule has 0 aliphatic rings. The van der Waals surface area contributed by atoms with Crippen molar-refractivity contribution < 1.29 is 17.9 Å². The van der Waals surface area contributed by atoms with Crippen molar-refractivity contribution in [3.05, 3.63) is 24.0 Å². The van der Waals surface area contributed by atoms with Crippen molar-refractivity contribution >= 4 is 15.9 Å². The summed E-state index contributed by atoms with van der Waals surface area (Å²) in [6, 6.07) is 2.95. The first-order chi connectivity index (χ1) is 10.0. The number of hydrogen-bond acceptors (Lipinski definition) is 6. The molecule has 4 N–H and O–H groups in total. The molecule has 0 aliphatic carbocycles. The molecule has 1 amide bonds. The largest absolute Gasteiger partial charge is 0.383 e. The molecule has 0 saturated heterocycles. The number of rotatable bonds is 9. The van der Waals surface area contributed by atoms with Crippen molar-refractivity contribution in [3.8, 4) is 0 Å². The molecule has 1 rings (SSSR count). The lowest BCUT2D eigenvalue weighted by Crippen LogP contribution is -2.32. The monoisotopic (exact) mass is 316 g/mol. The number of nitrogens with zero attached hydrogens (tertiary/aromatic N) is 1. The van der Waals surface area contributed by atoms with Gasteiger partial charge in [0, 0.05) is 39.4 Å². The average Bonchev–Trinajstić information content (AvgIpc) is 2.47. The Morgan fingerprint density at radius 2 is 2.19 bits per heavy atom. The van der Waals surface area contributed by atoms with Crippen LogP contribution in [0.1, 0.15) is 12.1 Å². The van der Waals surface area contributed by atoms with E-state index in [1.807, 2.05) is 0 Å². The van der Waals surface area contributed by atoms with Gasteiger partial charge in [0.1, 0.15) is 4.90 Å². The van der Waals surface area contributed by atoms with E-state index in [1.165, 1.54) is 25.4 Å². The highest BCUT2D eigenvalue weighted by Gasteiger charge is 2.18. The van der Waals surface area contributed by atoms with Gasteiger partial charge >= 0.3 is 0 Å². The predicted octanol–water partition coefficient (Wildman–Crippen LogP) is -1.03. The summed E-state index contributed by atoms with van der Waals surface area (Å²) in [7, 11) is -2.19. The fourth-order valence-corrected chi connectivity index (χ4v) is 2.81. The molecule has 1 heterocycles. The second-order valence-corrected chi connectivity index (χ2v) is 5.88. The molecule has 0 spiro atoms. The fraction of sp³-hybridized carbons (Fsp3) is 0.500. The Balaban J connectivity index is 2.52. The Morgan fingerprint density at radius 3 is 2.86 bits per heavy atom. The number of ether oxygens (including phenoxy) is 1. The zero-order valence-electron chi connectivity index (χ0n) is 11.8. The third kappa shape index (κ3) is 5.76. The van der Waals surface area contributed by atoms with Crippen molar-refractivity contribution in [2.24, 2.45) is 5.73 Å². The van der Waals surface area contributed by atoms with Crippen molar-refractivity contribution in [2.75, 3.05) is 26.8 Å². The number of carbonyl (C=O) groups is 1. The van der Waals surface area contributed by atoms with Gasteiger partial charge in [0.25, 0.3) is 0 Å². The van der Waals surface area contributed by atoms with Crippen molar-refractivity contribution in [1.29, 1.82) is 0 Å². The summed E-state index contributed by atoms with van der Waals surface area (Å²) in [5.41, 5.74) is 5.75. The molecule has 0 aliphatic heterocycles. The Hall–Kier alpha value is -1.55. The maximum absolute atomic E-state index is 12.1. The maximum Gasteiger partial charge on any atom is 0.242 e. The second kappa shape index (κ2) is 8.67. The van der Waals surface area contributed by atoms with E-state index in [9.17, 15) is 13.2 Å². The number of sulfonamides is 1. The standard InChI is InChI=1S/C12H20N4O4S/c1-20-8-7-15-12(17)4-6-16-21(18,19)11-3-2-5-14-10(11)9-13/h2-3,5,16H,4,6-9,13H2,1H3,(H,15,17). The van der Waals surface area contributed by atoms with E-state index in [4.69, 9.17) is 10.5 Å². The van der Waals surface area contributed by atoms with E-state index in [0.717, 1.165) is 0 Å². The molecule has 0 bridgehead atoms. The molecular formula is C12H20N4O4S. The van der Waals surface area contributed by atoms with Crippen LogP contribution in [0, 0.1) is 0 Å². The van der Waals surface area contributed by atoms with Gasteiger partial charge in [0.15, 0.2) is 0 Å². The summed E-state index contributed by atoms with van der Waals surface area (Å²) in [4.78, 5) is 15.4. The molecule has 1 aromatic heterocycles. The summed E-state index contributed by atoms with van der Waals surface area (Å²) in [6.07, 6.45) is 1.52. The summed E-state index contributed by atoms with van der Waals surface area (Å²) in [5.74, 6) is -0.250. The average molecular weight is 316 g/mol. The second-order valence-electron chi connectivity index (χ2n) is 4.14. The van der Waals surface area contributed by atoms with Crippen molar-refractivity contribution in [1.82, 2.24) is 15.0 Å². The van der Waals surface area contributed by atoms with Gasteiger partial charge in [-0.25, -0.2) is 13.1 Å². The van der Waals surface area contributed by atoms with Crippen LogP contribution in [0.3, 0.4) is 0 Å². The number of nitrogens with one attached hydrogen (secondary N) is 2. The number of amides is 1. The lowest BCUT2D eigenvalue weighted by molar-refractivity contribution is -0.121. The van der Waals surface area contributed by atoms with Crippen LogP contribution in [-0.4, -0.2) is 46.1 Å². The lowest BCUT2D eigenvalue weighted by atomic mass is 10.3. The molecule has 21 heavy (non-hydrogen) atoms. The molecule has 0 unspecified atom stereocenters. The van der Waals surface area contributed by atoms with Gasteiger partial charge in [-0.3, -0.25) is 9.78 Å². The van der Waals surface area contributed by atoms with Gasteiger partial charge in [-0.1, -0.05) is 0 Å². The number of carbonyl (C=O) groups excluding carboxylic acids is 1. The first-order valence-corrected chi connectivity index (χ1v) is 7.89. The summed E-state index contributed by atoms with van der Waals surface area (Å²) < 4.78 is 31.3. The number of hydrogen-bond donors (Lipinski definition) is 3. The van der Waals surface area contributed by atoms with E-state index in [-0.39, 0.29) is 36.0 Å². The molecule has 0 saturated carbocycles. The Kier molecular flexibility index (Phi) is 7.23. The zero-order chi connectivity index (χ0) is 15.7. The third-order valence-electron chi connectivity index (χ3n) is 2.60. The Labute approximate surface area is 124 Å². The topological polar surface area (TPSA) is 123 Å². The lowest BCUT2D eigenvalue weighted by Gasteiger charge is -2.09. The van der Waals surface area contributed by atoms with Gasteiger partial charge in [-0.05, 0) is 12.1 Å². The number of aromatic nitrogens is 1. The van der Waals surface area contributed by atoms with E-state index in [2.05, 4.69) is 15.0 Å². The molecule has 118 valence electrons. The minimum Gasteiger partial charge on any atom is -0.383 e. The first kappa shape index (κ1) is 17.5. The van der Waals surface area contributed by atoms with Crippen LogP contribution in [0.5, 0.6) is 0 Å². The minimum absolute atomic E-state index is 0.0000541. The van der Waals surface area contributed by atoms with E-state index < -0.39 is 10.0 Å². The maximum atomic E-state index is 12.1. The highest BCUT2D eigenvalue weighted by atomic mass is 32.2. The summed E-state index contributed by atoms with van der Waals surface area (Å²) in [6.45, 7) is 0.823. The summed E-state index contributed by atoms with van der Waals surface area (Å²) >= 11 is 0. The molecule has 9 heteroatoms. The predicted molar refractivity (Wildman–Crippen MR) is 76.8 cm³/mol.